The largest absolute Gasteiger partial charge is 0.325 e. The number of nitrogens with one attached hydrogen (secondary N) is 1. The minimum absolute atomic E-state index is 0.112. The predicted octanol–water partition coefficient (Wildman–Crippen LogP) is 1.49. The van der Waals surface area contributed by atoms with Gasteiger partial charge in [-0.15, -0.1) is 0 Å². The molecular formula is C13H20N2O. The summed E-state index contributed by atoms with van der Waals surface area (Å²) in [4.78, 5) is 14.4. The summed E-state index contributed by atoms with van der Waals surface area (Å²) in [5.41, 5.74) is 0.436. The Kier molecular flexibility index (Phi) is 1.56. The van der Waals surface area contributed by atoms with Crippen molar-refractivity contribution >= 4 is 5.91 Å². The Labute approximate surface area is 96.6 Å². The van der Waals surface area contributed by atoms with Crippen LogP contribution in [0, 0.1) is 11.3 Å². The SMILES string of the molecule is CC1NC2(CC2)C(=O)N1CC1(C2CC2)CC1. The molecule has 1 heterocycles. The van der Waals surface area contributed by atoms with Gasteiger partial charge in [0.25, 0.3) is 0 Å². The molecule has 3 nitrogen and oxygen atoms in total. The first-order chi connectivity index (χ1) is 7.65. The minimum Gasteiger partial charge on any atom is -0.325 e. The van der Waals surface area contributed by atoms with Gasteiger partial charge in [0.15, 0.2) is 0 Å². The first-order valence-corrected chi connectivity index (χ1v) is 6.74. The zero-order valence-electron chi connectivity index (χ0n) is 9.96. The highest BCUT2D eigenvalue weighted by Gasteiger charge is 2.61. The third-order valence-corrected chi connectivity index (χ3v) is 5.19. The Balaban J connectivity index is 1.52. The topological polar surface area (TPSA) is 32.3 Å². The van der Waals surface area contributed by atoms with Crippen LogP contribution in [0.15, 0.2) is 0 Å². The molecule has 4 aliphatic rings. The molecular weight excluding hydrogens is 200 g/mol. The van der Waals surface area contributed by atoms with Crippen LogP contribution >= 0.6 is 0 Å². The van der Waals surface area contributed by atoms with Crippen LogP contribution in [0.4, 0.5) is 0 Å². The molecule has 1 N–H and O–H groups in total. The maximum absolute atomic E-state index is 12.3. The first kappa shape index (κ1) is 9.46. The van der Waals surface area contributed by atoms with Gasteiger partial charge in [0, 0.05) is 6.54 Å². The van der Waals surface area contributed by atoms with Crippen molar-refractivity contribution in [3.05, 3.63) is 0 Å². The molecule has 3 heteroatoms. The lowest BCUT2D eigenvalue weighted by molar-refractivity contribution is -0.131. The third-order valence-electron chi connectivity index (χ3n) is 5.19. The molecule has 1 spiro atoms. The summed E-state index contributed by atoms with van der Waals surface area (Å²) in [6, 6.07) is 0. The quantitative estimate of drug-likeness (QED) is 0.781. The van der Waals surface area contributed by atoms with E-state index in [0.717, 1.165) is 25.3 Å². The van der Waals surface area contributed by atoms with Crippen molar-refractivity contribution in [2.24, 2.45) is 11.3 Å². The van der Waals surface area contributed by atoms with Crippen molar-refractivity contribution < 1.29 is 4.79 Å². The highest BCUT2D eigenvalue weighted by atomic mass is 16.2. The molecule has 1 unspecified atom stereocenters. The molecule has 1 atom stereocenters. The van der Waals surface area contributed by atoms with E-state index in [9.17, 15) is 4.79 Å². The molecule has 4 rings (SSSR count). The lowest BCUT2D eigenvalue weighted by Crippen LogP contribution is -2.39. The fourth-order valence-corrected chi connectivity index (χ4v) is 3.57. The van der Waals surface area contributed by atoms with Gasteiger partial charge in [-0.1, -0.05) is 0 Å². The second kappa shape index (κ2) is 2.63. The van der Waals surface area contributed by atoms with Crippen LogP contribution in [0.2, 0.25) is 0 Å². The number of carbonyl (C=O) groups is 1. The zero-order chi connectivity index (χ0) is 11.0. The van der Waals surface area contributed by atoms with Crippen molar-refractivity contribution in [3.63, 3.8) is 0 Å². The zero-order valence-corrected chi connectivity index (χ0v) is 9.96. The van der Waals surface area contributed by atoms with Crippen molar-refractivity contribution in [2.45, 2.75) is 57.2 Å². The Morgan fingerprint density at radius 1 is 1.31 bits per heavy atom. The summed E-state index contributed by atoms with van der Waals surface area (Å²) < 4.78 is 0. The number of rotatable bonds is 3. The highest BCUT2D eigenvalue weighted by Crippen LogP contribution is 2.62. The van der Waals surface area contributed by atoms with E-state index in [4.69, 9.17) is 0 Å². The number of hydrogen-bond donors (Lipinski definition) is 1. The lowest BCUT2D eigenvalue weighted by atomic mass is 9.99. The minimum atomic E-state index is -0.112. The predicted molar refractivity (Wildman–Crippen MR) is 60.7 cm³/mol. The molecule has 0 aromatic rings. The van der Waals surface area contributed by atoms with Crippen molar-refractivity contribution in [1.82, 2.24) is 10.2 Å². The van der Waals surface area contributed by atoms with E-state index < -0.39 is 0 Å². The number of carbonyl (C=O) groups excluding carboxylic acids is 1. The molecule has 0 radical (unpaired) electrons. The molecule has 1 saturated heterocycles. The van der Waals surface area contributed by atoms with Crippen LogP contribution in [0.1, 0.15) is 45.4 Å². The Morgan fingerprint density at radius 2 is 2.00 bits per heavy atom. The van der Waals surface area contributed by atoms with Gasteiger partial charge in [-0.2, -0.15) is 0 Å². The summed E-state index contributed by atoms with van der Waals surface area (Å²) in [6.07, 6.45) is 7.93. The van der Waals surface area contributed by atoms with Crippen LogP contribution in [0.25, 0.3) is 0 Å². The second-order valence-corrected chi connectivity index (χ2v) is 6.47. The monoisotopic (exact) mass is 220 g/mol. The fraction of sp³-hybridized carbons (Fsp3) is 0.923. The van der Waals surface area contributed by atoms with Crippen LogP contribution in [-0.2, 0) is 4.79 Å². The highest BCUT2D eigenvalue weighted by molar-refractivity contribution is 5.91. The van der Waals surface area contributed by atoms with E-state index in [1.54, 1.807) is 0 Å². The van der Waals surface area contributed by atoms with E-state index in [-0.39, 0.29) is 11.7 Å². The maximum atomic E-state index is 12.3. The summed E-state index contributed by atoms with van der Waals surface area (Å²) >= 11 is 0. The average molecular weight is 220 g/mol. The number of amides is 1. The van der Waals surface area contributed by atoms with Crippen LogP contribution in [0.5, 0.6) is 0 Å². The van der Waals surface area contributed by atoms with Crippen LogP contribution in [-0.4, -0.2) is 29.1 Å². The molecule has 1 aliphatic heterocycles. The molecule has 16 heavy (non-hydrogen) atoms. The number of nitrogens with zero attached hydrogens (tertiary/aromatic N) is 1. The van der Waals surface area contributed by atoms with E-state index in [1.165, 1.54) is 25.7 Å². The smallest absolute Gasteiger partial charge is 0.244 e. The normalized spacial score (nSPS) is 38.2. The first-order valence-electron chi connectivity index (χ1n) is 6.74. The fourth-order valence-electron chi connectivity index (χ4n) is 3.57. The van der Waals surface area contributed by atoms with Gasteiger partial charge in [-0.05, 0) is 56.8 Å². The van der Waals surface area contributed by atoms with E-state index in [0.29, 0.717) is 11.3 Å². The third kappa shape index (κ3) is 1.15. The van der Waals surface area contributed by atoms with Crippen molar-refractivity contribution in [3.8, 4) is 0 Å². The van der Waals surface area contributed by atoms with Crippen LogP contribution < -0.4 is 5.32 Å². The van der Waals surface area contributed by atoms with Gasteiger partial charge < -0.3 is 4.90 Å². The van der Waals surface area contributed by atoms with Gasteiger partial charge in [-0.3, -0.25) is 10.1 Å². The second-order valence-electron chi connectivity index (χ2n) is 6.47. The summed E-state index contributed by atoms with van der Waals surface area (Å²) in [5, 5.41) is 3.49. The van der Waals surface area contributed by atoms with E-state index in [2.05, 4.69) is 17.1 Å². The Bertz CT molecular complexity index is 353. The molecule has 3 aliphatic carbocycles. The molecule has 4 fully saturated rings. The van der Waals surface area contributed by atoms with Gasteiger partial charge in [0.1, 0.15) is 0 Å². The molecule has 3 saturated carbocycles. The Hall–Kier alpha value is -0.570. The molecule has 88 valence electrons. The van der Waals surface area contributed by atoms with Gasteiger partial charge in [-0.25, -0.2) is 0 Å². The summed E-state index contributed by atoms with van der Waals surface area (Å²) in [7, 11) is 0. The van der Waals surface area contributed by atoms with Gasteiger partial charge >= 0.3 is 0 Å². The summed E-state index contributed by atoms with van der Waals surface area (Å²) in [5.74, 6) is 1.34. The van der Waals surface area contributed by atoms with Crippen molar-refractivity contribution in [2.75, 3.05) is 6.54 Å². The molecule has 0 bridgehead atoms. The standard InChI is InChI=1S/C13H20N2O/c1-9-14-13(6-7-13)11(16)15(9)8-12(4-5-12)10-2-3-10/h9-10,14H,2-8H2,1H3. The molecule has 0 aromatic carbocycles. The number of hydrogen-bond acceptors (Lipinski definition) is 2. The van der Waals surface area contributed by atoms with Crippen molar-refractivity contribution in [1.29, 1.82) is 0 Å². The van der Waals surface area contributed by atoms with Crippen LogP contribution in [0.3, 0.4) is 0 Å². The van der Waals surface area contributed by atoms with E-state index >= 15 is 0 Å². The summed E-state index contributed by atoms with van der Waals surface area (Å²) in [6.45, 7) is 3.18. The molecule has 1 amide bonds. The maximum Gasteiger partial charge on any atom is 0.244 e. The van der Waals surface area contributed by atoms with Gasteiger partial charge in [0.05, 0.1) is 11.7 Å². The molecule has 0 aromatic heterocycles. The van der Waals surface area contributed by atoms with E-state index in [1.807, 2.05) is 0 Å². The van der Waals surface area contributed by atoms with Gasteiger partial charge in [0.2, 0.25) is 5.91 Å². The average Bonchev–Trinajstić information content (AvgIpc) is 3.10. The Morgan fingerprint density at radius 3 is 2.44 bits per heavy atom. The lowest BCUT2D eigenvalue weighted by Gasteiger charge is -2.26.